The highest BCUT2D eigenvalue weighted by Crippen LogP contribution is 2.29. The summed E-state index contributed by atoms with van der Waals surface area (Å²) in [7, 11) is 0. The molecule has 0 amide bonds. The van der Waals surface area contributed by atoms with Crippen molar-refractivity contribution in [1.82, 2.24) is 30.2 Å². The first-order valence-electron chi connectivity index (χ1n) is 5.96. The van der Waals surface area contributed by atoms with Crippen LogP contribution >= 0.6 is 11.6 Å². The van der Waals surface area contributed by atoms with E-state index >= 15 is 0 Å². The second kappa shape index (κ2) is 5.98. The van der Waals surface area contributed by atoms with Gasteiger partial charge in [-0.1, -0.05) is 28.5 Å². The van der Waals surface area contributed by atoms with Crippen LogP contribution in [0.4, 0.5) is 8.78 Å². The van der Waals surface area contributed by atoms with Gasteiger partial charge in [-0.2, -0.15) is 8.78 Å². The molecule has 0 radical (unpaired) electrons. The number of benzene rings is 1. The predicted octanol–water partition coefficient (Wildman–Crippen LogP) is 2.97. The molecule has 0 aliphatic rings. The van der Waals surface area contributed by atoms with Gasteiger partial charge in [-0.05, 0) is 17.3 Å². The highest BCUT2D eigenvalue weighted by Gasteiger charge is 2.16. The Bertz CT molecular complexity index is 779. The number of para-hydroxylation sites is 1. The molecule has 0 bridgehead atoms. The third kappa shape index (κ3) is 2.98. The maximum absolute atomic E-state index is 12.5. The van der Waals surface area contributed by atoms with Crippen LogP contribution in [0.2, 0.25) is 5.02 Å². The standard InChI is InChI=1S/C12H7ClF2N6O/c13-7-5-16-12(17-6-7)22-9-4-2-1-3-8(9)10-18-20-21(19-10)11(14)15/h1-6,11H. The molecule has 2 aromatic heterocycles. The van der Waals surface area contributed by atoms with E-state index in [9.17, 15) is 8.78 Å². The number of ether oxygens (including phenoxy) is 1. The van der Waals surface area contributed by atoms with Gasteiger partial charge in [0.05, 0.1) is 23.0 Å². The van der Waals surface area contributed by atoms with E-state index in [4.69, 9.17) is 16.3 Å². The molecule has 0 aliphatic carbocycles. The molecule has 3 aromatic rings. The molecule has 0 spiro atoms. The van der Waals surface area contributed by atoms with Gasteiger partial charge >= 0.3 is 12.6 Å². The lowest BCUT2D eigenvalue weighted by molar-refractivity contribution is 0.0397. The van der Waals surface area contributed by atoms with Crippen molar-refractivity contribution in [2.45, 2.75) is 6.55 Å². The average Bonchev–Trinajstić information content (AvgIpc) is 3.00. The Morgan fingerprint density at radius 3 is 2.55 bits per heavy atom. The van der Waals surface area contributed by atoms with E-state index < -0.39 is 6.55 Å². The molecule has 0 saturated carbocycles. The average molecular weight is 325 g/mol. The molecule has 10 heteroatoms. The summed E-state index contributed by atoms with van der Waals surface area (Å²) < 4.78 is 30.5. The molecule has 0 aliphatic heterocycles. The maximum Gasteiger partial charge on any atom is 0.350 e. The molecule has 0 unspecified atom stereocenters. The number of halogens is 3. The van der Waals surface area contributed by atoms with Crippen LogP contribution in [0.5, 0.6) is 11.8 Å². The van der Waals surface area contributed by atoms with Crippen molar-refractivity contribution in [3.63, 3.8) is 0 Å². The fourth-order valence-electron chi connectivity index (χ4n) is 1.61. The highest BCUT2D eigenvalue weighted by atomic mass is 35.5. The van der Waals surface area contributed by atoms with Gasteiger partial charge < -0.3 is 4.74 Å². The Labute approximate surface area is 127 Å². The zero-order valence-corrected chi connectivity index (χ0v) is 11.5. The molecule has 0 N–H and O–H groups in total. The Balaban J connectivity index is 1.93. The molecule has 112 valence electrons. The number of hydrogen-bond donors (Lipinski definition) is 0. The zero-order chi connectivity index (χ0) is 15.5. The van der Waals surface area contributed by atoms with Crippen LogP contribution in [-0.4, -0.2) is 30.2 Å². The molecule has 1 aromatic carbocycles. The third-order valence-corrected chi connectivity index (χ3v) is 2.72. The summed E-state index contributed by atoms with van der Waals surface area (Å²) in [6.07, 6.45) is 2.75. The molecule has 7 nitrogen and oxygen atoms in total. The van der Waals surface area contributed by atoms with Crippen LogP contribution < -0.4 is 4.74 Å². The lowest BCUT2D eigenvalue weighted by atomic mass is 10.2. The summed E-state index contributed by atoms with van der Waals surface area (Å²) in [5.74, 6) is 0.309. The fourth-order valence-corrected chi connectivity index (χ4v) is 1.71. The summed E-state index contributed by atoms with van der Waals surface area (Å²) in [6, 6.07) is 6.66. The number of tetrazole rings is 1. The summed E-state index contributed by atoms with van der Waals surface area (Å²) in [4.78, 5) is 8.00. The number of nitrogens with zero attached hydrogens (tertiary/aromatic N) is 6. The Hall–Kier alpha value is -2.68. The predicted molar refractivity (Wildman–Crippen MR) is 71.6 cm³/mol. The van der Waals surface area contributed by atoms with E-state index in [1.807, 2.05) is 0 Å². The first-order valence-corrected chi connectivity index (χ1v) is 6.34. The summed E-state index contributed by atoms with van der Waals surface area (Å²) in [5.41, 5.74) is 0.382. The van der Waals surface area contributed by atoms with Crippen molar-refractivity contribution in [1.29, 1.82) is 0 Å². The minimum atomic E-state index is -2.87. The van der Waals surface area contributed by atoms with Gasteiger partial charge in [0.2, 0.25) is 5.82 Å². The fraction of sp³-hybridized carbons (Fsp3) is 0.0833. The maximum atomic E-state index is 12.5. The number of rotatable bonds is 4. The third-order valence-electron chi connectivity index (χ3n) is 2.53. The number of alkyl halides is 2. The molecule has 0 fully saturated rings. The Kier molecular flexibility index (Phi) is 3.88. The van der Waals surface area contributed by atoms with Crippen molar-refractivity contribution >= 4 is 11.6 Å². The Morgan fingerprint density at radius 1 is 1.14 bits per heavy atom. The number of aromatic nitrogens is 6. The molecular weight excluding hydrogens is 318 g/mol. The zero-order valence-electron chi connectivity index (χ0n) is 10.8. The van der Waals surface area contributed by atoms with Gasteiger partial charge in [-0.3, -0.25) is 0 Å². The topological polar surface area (TPSA) is 78.6 Å². The van der Waals surface area contributed by atoms with Gasteiger partial charge in [0.25, 0.3) is 0 Å². The minimum Gasteiger partial charge on any atom is -0.424 e. The van der Waals surface area contributed by atoms with Gasteiger partial charge in [-0.25, -0.2) is 9.97 Å². The smallest absolute Gasteiger partial charge is 0.350 e. The quantitative estimate of drug-likeness (QED) is 0.734. The van der Waals surface area contributed by atoms with Crippen LogP contribution in [-0.2, 0) is 0 Å². The van der Waals surface area contributed by atoms with Crippen LogP contribution in [0, 0.1) is 0 Å². The van der Waals surface area contributed by atoms with Crippen molar-refractivity contribution in [2.24, 2.45) is 0 Å². The van der Waals surface area contributed by atoms with Crippen LogP contribution in [0.3, 0.4) is 0 Å². The monoisotopic (exact) mass is 324 g/mol. The lowest BCUT2D eigenvalue weighted by Gasteiger charge is -2.06. The van der Waals surface area contributed by atoms with Crippen LogP contribution in [0.1, 0.15) is 6.55 Å². The largest absolute Gasteiger partial charge is 0.424 e. The van der Waals surface area contributed by atoms with E-state index in [2.05, 4.69) is 25.4 Å². The molecular formula is C12H7ClF2N6O. The van der Waals surface area contributed by atoms with E-state index in [1.54, 1.807) is 24.3 Å². The van der Waals surface area contributed by atoms with E-state index in [0.717, 1.165) is 0 Å². The Morgan fingerprint density at radius 2 is 1.86 bits per heavy atom. The minimum absolute atomic E-state index is 0.00450. The van der Waals surface area contributed by atoms with E-state index in [0.29, 0.717) is 16.3 Å². The molecule has 2 heterocycles. The molecule has 22 heavy (non-hydrogen) atoms. The first kappa shape index (κ1) is 14.3. The molecule has 0 atom stereocenters. The van der Waals surface area contributed by atoms with E-state index in [1.165, 1.54) is 12.4 Å². The molecule has 3 rings (SSSR count). The second-order valence-electron chi connectivity index (χ2n) is 3.99. The second-order valence-corrected chi connectivity index (χ2v) is 4.43. The summed E-state index contributed by atoms with van der Waals surface area (Å²) >= 11 is 5.69. The summed E-state index contributed by atoms with van der Waals surface area (Å²) in [5, 5.41) is 10.8. The van der Waals surface area contributed by atoms with Gasteiger partial charge in [0, 0.05) is 0 Å². The van der Waals surface area contributed by atoms with Gasteiger partial charge in [0.1, 0.15) is 5.75 Å². The van der Waals surface area contributed by atoms with Crippen molar-refractivity contribution < 1.29 is 13.5 Å². The van der Waals surface area contributed by atoms with Crippen LogP contribution in [0.15, 0.2) is 36.7 Å². The molecule has 0 saturated heterocycles. The lowest BCUT2D eigenvalue weighted by Crippen LogP contribution is -2.02. The van der Waals surface area contributed by atoms with Gasteiger partial charge in [0.15, 0.2) is 0 Å². The van der Waals surface area contributed by atoms with Gasteiger partial charge in [-0.15, -0.1) is 10.2 Å². The normalized spacial score (nSPS) is 10.9. The summed E-state index contributed by atoms with van der Waals surface area (Å²) in [6.45, 7) is -2.87. The van der Waals surface area contributed by atoms with E-state index in [-0.39, 0.29) is 16.6 Å². The van der Waals surface area contributed by atoms with Crippen LogP contribution in [0.25, 0.3) is 11.4 Å². The number of hydrogen-bond acceptors (Lipinski definition) is 6. The highest BCUT2D eigenvalue weighted by molar-refractivity contribution is 6.30. The van der Waals surface area contributed by atoms with Crippen molar-refractivity contribution in [2.75, 3.05) is 0 Å². The SMILES string of the molecule is FC(F)n1nnc(-c2ccccc2Oc2ncc(Cl)cn2)n1. The van der Waals surface area contributed by atoms with Crippen molar-refractivity contribution in [3.8, 4) is 23.1 Å². The first-order chi connectivity index (χ1) is 10.6. The van der Waals surface area contributed by atoms with Crippen molar-refractivity contribution in [3.05, 3.63) is 41.7 Å².